The van der Waals surface area contributed by atoms with Crippen LogP contribution in [0.25, 0.3) is 0 Å². The predicted molar refractivity (Wildman–Crippen MR) is 85.2 cm³/mol. The van der Waals surface area contributed by atoms with Crippen LogP contribution in [-0.4, -0.2) is 20.8 Å². The van der Waals surface area contributed by atoms with E-state index < -0.39 is 0 Å². The average molecular weight is 303 g/mol. The van der Waals surface area contributed by atoms with Gasteiger partial charge in [0, 0.05) is 6.54 Å². The number of methoxy groups -OCH3 is 2. The molecular weight excluding hydrogens is 286 g/mol. The number of nitriles is 1. The molecule has 3 N–H and O–H groups in total. The van der Waals surface area contributed by atoms with Gasteiger partial charge in [-0.15, -0.1) is 11.3 Å². The normalized spacial score (nSPS) is 9.95. The number of ether oxygens (including phenoxy) is 2. The van der Waals surface area contributed by atoms with Gasteiger partial charge in [0.2, 0.25) is 0 Å². The molecule has 0 saturated carbocycles. The van der Waals surface area contributed by atoms with Crippen LogP contribution in [0.4, 0.5) is 10.7 Å². The summed E-state index contributed by atoms with van der Waals surface area (Å²) < 4.78 is 10.4. The number of thiophene rings is 1. The zero-order valence-electron chi connectivity index (χ0n) is 12.0. The zero-order chi connectivity index (χ0) is 15.2. The van der Waals surface area contributed by atoms with Gasteiger partial charge < -0.3 is 20.5 Å². The highest BCUT2D eigenvalue weighted by molar-refractivity contribution is 7.17. The first-order valence-electron chi connectivity index (χ1n) is 6.42. The van der Waals surface area contributed by atoms with Crippen LogP contribution in [0.5, 0.6) is 11.5 Å². The molecule has 1 aromatic heterocycles. The highest BCUT2D eigenvalue weighted by Crippen LogP contribution is 2.41. The first kappa shape index (κ1) is 15.0. The minimum atomic E-state index is 0.400. The van der Waals surface area contributed by atoms with Crippen LogP contribution in [0.1, 0.15) is 10.4 Å². The second-order valence-electron chi connectivity index (χ2n) is 4.34. The van der Waals surface area contributed by atoms with Crippen LogP contribution in [-0.2, 0) is 6.42 Å². The van der Waals surface area contributed by atoms with Crippen molar-refractivity contribution >= 4 is 22.0 Å². The number of anilines is 2. The van der Waals surface area contributed by atoms with Crippen molar-refractivity contribution < 1.29 is 9.47 Å². The molecule has 6 heteroatoms. The van der Waals surface area contributed by atoms with E-state index in [1.54, 1.807) is 14.2 Å². The molecule has 0 saturated heterocycles. The Morgan fingerprint density at radius 1 is 1.24 bits per heavy atom. The molecule has 2 aromatic rings. The molecule has 0 aliphatic heterocycles. The van der Waals surface area contributed by atoms with Crippen molar-refractivity contribution in [3.8, 4) is 17.6 Å². The van der Waals surface area contributed by atoms with Gasteiger partial charge in [0.15, 0.2) is 5.75 Å². The monoisotopic (exact) mass is 303 g/mol. The Morgan fingerprint density at radius 3 is 2.52 bits per heavy atom. The standard InChI is InChI=1S/C15H17N3O2S/c1-19-11-5-3-10(4-6-11)7-8-18-15-14(20-2)13(17)12(9-16)21-15/h3-6,18H,7-8,17H2,1-2H3. The lowest BCUT2D eigenvalue weighted by atomic mass is 10.1. The van der Waals surface area contributed by atoms with Gasteiger partial charge in [-0.25, -0.2) is 0 Å². The van der Waals surface area contributed by atoms with Gasteiger partial charge in [0.25, 0.3) is 0 Å². The summed E-state index contributed by atoms with van der Waals surface area (Å²) in [5.41, 5.74) is 7.45. The lowest BCUT2D eigenvalue weighted by molar-refractivity contribution is 0.414. The zero-order valence-corrected chi connectivity index (χ0v) is 12.8. The maximum Gasteiger partial charge on any atom is 0.177 e. The number of nitrogens with two attached hydrogens (primary N) is 1. The van der Waals surface area contributed by atoms with Crippen molar-refractivity contribution in [3.05, 3.63) is 34.7 Å². The molecule has 5 nitrogen and oxygen atoms in total. The lowest BCUT2D eigenvalue weighted by Gasteiger charge is -2.07. The topological polar surface area (TPSA) is 80.3 Å². The summed E-state index contributed by atoms with van der Waals surface area (Å²) in [5, 5.41) is 13.0. The number of hydrogen-bond acceptors (Lipinski definition) is 6. The highest BCUT2D eigenvalue weighted by Gasteiger charge is 2.16. The second-order valence-corrected chi connectivity index (χ2v) is 5.36. The molecule has 110 valence electrons. The fraction of sp³-hybridized carbons (Fsp3) is 0.267. The van der Waals surface area contributed by atoms with Crippen LogP contribution < -0.4 is 20.5 Å². The summed E-state index contributed by atoms with van der Waals surface area (Å²) in [6, 6.07) is 10.0. The summed E-state index contributed by atoms with van der Waals surface area (Å²) in [5.74, 6) is 1.39. The van der Waals surface area contributed by atoms with E-state index >= 15 is 0 Å². The fourth-order valence-electron chi connectivity index (χ4n) is 1.94. The molecular formula is C15H17N3O2S. The Hall–Kier alpha value is -2.39. The van der Waals surface area contributed by atoms with E-state index in [-0.39, 0.29) is 0 Å². The first-order valence-corrected chi connectivity index (χ1v) is 7.24. The summed E-state index contributed by atoms with van der Waals surface area (Å²) in [4.78, 5) is 0.471. The van der Waals surface area contributed by atoms with Crippen molar-refractivity contribution in [3.63, 3.8) is 0 Å². The fourth-order valence-corrected chi connectivity index (χ4v) is 2.86. The minimum Gasteiger partial charge on any atom is -0.497 e. The molecule has 1 aromatic carbocycles. The van der Waals surface area contributed by atoms with Gasteiger partial charge in [-0.2, -0.15) is 5.26 Å². The maximum atomic E-state index is 8.99. The second kappa shape index (κ2) is 6.86. The van der Waals surface area contributed by atoms with Crippen molar-refractivity contribution in [2.45, 2.75) is 6.42 Å². The molecule has 0 unspecified atom stereocenters. The largest absolute Gasteiger partial charge is 0.497 e. The smallest absolute Gasteiger partial charge is 0.177 e. The van der Waals surface area contributed by atoms with Crippen LogP contribution in [0, 0.1) is 11.3 Å². The van der Waals surface area contributed by atoms with Gasteiger partial charge in [-0.05, 0) is 24.1 Å². The average Bonchev–Trinajstić information content (AvgIpc) is 2.83. The Bertz CT molecular complexity index is 644. The van der Waals surface area contributed by atoms with Crippen LogP contribution >= 0.6 is 11.3 Å². The molecule has 0 atom stereocenters. The summed E-state index contributed by atoms with van der Waals surface area (Å²) in [6.45, 7) is 0.730. The molecule has 0 aliphatic carbocycles. The molecule has 21 heavy (non-hydrogen) atoms. The maximum absolute atomic E-state index is 8.99. The Balaban J connectivity index is 1.98. The van der Waals surface area contributed by atoms with Gasteiger partial charge in [-0.1, -0.05) is 12.1 Å². The molecule has 0 fully saturated rings. The minimum absolute atomic E-state index is 0.400. The number of benzene rings is 1. The van der Waals surface area contributed by atoms with Crippen molar-refractivity contribution in [2.24, 2.45) is 0 Å². The molecule has 0 amide bonds. The Labute approximate surface area is 127 Å². The summed E-state index contributed by atoms with van der Waals surface area (Å²) >= 11 is 1.31. The van der Waals surface area contributed by atoms with Gasteiger partial charge in [-0.3, -0.25) is 0 Å². The third kappa shape index (κ3) is 3.38. The van der Waals surface area contributed by atoms with Crippen LogP contribution in [0.15, 0.2) is 24.3 Å². The van der Waals surface area contributed by atoms with Crippen LogP contribution in [0.2, 0.25) is 0 Å². The van der Waals surface area contributed by atoms with E-state index in [0.29, 0.717) is 16.3 Å². The quantitative estimate of drug-likeness (QED) is 0.857. The number of nitrogen functional groups attached to an aromatic ring is 1. The molecule has 1 heterocycles. The number of nitrogens with zero attached hydrogens (tertiary/aromatic N) is 1. The predicted octanol–water partition coefficient (Wildman–Crippen LogP) is 2.87. The molecule has 0 spiro atoms. The summed E-state index contributed by atoms with van der Waals surface area (Å²) in [6.07, 6.45) is 0.854. The van der Waals surface area contributed by atoms with Gasteiger partial charge >= 0.3 is 0 Å². The number of hydrogen-bond donors (Lipinski definition) is 2. The molecule has 0 radical (unpaired) electrons. The third-order valence-corrected chi connectivity index (χ3v) is 4.11. The van der Waals surface area contributed by atoms with E-state index in [0.717, 1.165) is 23.7 Å². The Kier molecular flexibility index (Phi) is 4.90. The van der Waals surface area contributed by atoms with Crippen molar-refractivity contribution in [2.75, 3.05) is 31.8 Å². The van der Waals surface area contributed by atoms with E-state index in [2.05, 4.69) is 11.4 Å². The van der Waals surface area contributed by atoms with Gasteiger partial charge in [0.05, 0.1) is 14.2 Å². The molecule has 0 bridgehead atoms. The molecule has 0 aliphatic rings. The van der Waals surface area contributed by atoms with Crippen molar-refractivity contribution in [1.29, 1.82) is 5.26 Å². The Morgan fingerprint density at radius 2 is 1.95 bits per heavy atom. The number of nitrogens with one attached hydrogen (secondary N) is 1. The van der Waals surface area contributed by atoms with Gasteiger partial charge in [0.1, 0.15) is 27.4 Å². The highest BCUT2D eigenvalue weighted by atomic mass is 32.1. The van der Waals surface area contributed by atoms with E-state index in [1.807, 2.05) is 24.3 Å². The van der Waals surface area contributed by atoms with E-state index in [9.17, 15) is 0 Å². The van der Waals surface area contributed by atoms with Crippen LogP contribution in [0.3, 0.4) is 0 Å². The SMILES string of the molecule is COc1ccc(CCNc2sc(C#N)c(N)c2OC)cc1. The number of rotatable bonds is 6. The first-order chi connectivity index (χ1) is 10.2. The molecule has 2 rings (SSSR count). The van der Waals surface area contributed by atoms with Crippen molar-refractivity contribution in [1.82, 2.24) is 0 Å². The third-order valence-electron chi connectivity index (χ3n) is 3.06. The van der Waals surface area contributed by atoms with E-state index in [1.165, 1.54) is 16.9 Å². The van der Waals surface area contributed by atoms with E-state index in [4.69, 9.17) is 20.5 Å². The summed E-state index contributed by atoms with van der Waals surface area (Å²) in [7, 11) is 3.20. The lowest BCUT2D eigenvalue weighted by Crippen LogP contribution is -2.04.